The molecule has 1 saturated carbocycles. The molecule has 1 aromatic heterocycles. The predicted octanol–water partition coefficient (Wildman–Crippen LogP) is 3.01. The van der Waals surface area contributed by atoms with E-state index in [1.165, 1.54) is 25.5 Å². The zero-order valence-corrected chi connectivity index (χ0v) is 17.0. The Balaban J connectivity index is 1.69. The van der Waals surface area contributed by atoms with Gasteiger partial charge in [-0.3, -0.25) is 4.99 Å². The highest BCUT2D eigenvalue weighted by atomic mass is 16.5. The Morgan fingerprint density at radius 1 is 1.24 bits per heavy atom. The van der Waals surface area contributed by atoms with Gasteiger partial charge in [-0.05, 0) is 36.5 Å². The van der Waals surface area contributed by atoms with Crippen LogP contribution in [0, 0.1) is 0 Å². The topological polar surface area (TPSA) is 108 Å². The molecule has 0 bridgehead atoms. The molecular formula is C21H27N5O3. The summed E-state index contributed by atoms with van der Waals surface area (Å²) in [4.78, 5) is 8.50. The highest BCUT2D eigenvalue weighted by Gasteiger charge is 2.27. The van der Waals surface area contributed by atoms with Crippen LogP contribution in [-0.2, 0) is 11.3 Å². The first-order valence-electron chi connectivity index (χ1n) is 9.35. The molecule has 0 spiro atoms. The van der Waals surface area contributed by atoms with E-state index >= 15 is 0 Å². The lowest BCUT2D eigenvalue weighted by molar-refractivity contribution is 0.196. The molecule has 1 aliphatic rings. The van der Waals surface area contributed by atoms with E-state index in [1.807, 2.05) is 19.2 Å². The van der Waals surface area contributed by atoms with Gasteiger partial charge in [0, 0.05) is 31.0 Å². The van der Waals surface area contributed by atoms with E-state index in [-0.39, 0.29) is 5.88 Å². The maximum atomic E-state index is 6.01. The summed E-state index contributed by atoms with van der Waals surface area (Å²) in [6.07, 6.45) is 5.53. The Kier molecular flexibility index (Phi) is 6.56. The molecule has 1 fully saturated rings. The maximum Gasteiger partial charge on any atom is 0.242 e. The monoisotopic (exact) mass is 397 g/mol. The normalized spacial score (nSPS) is 14.1. The fourth-order valence-electron chi connectivity index (χ4n) is 3.03. The third-order valence-corrected chi connectivity index (χ3v) is 4.64. The first-order valence-corrected chi connectivity index (χ1v) is 9.35. The molecule has 154 valence electrons. The lowest BCUT2D eigenvalue weighted by atomic mass is 10.0. The SMILES string of the molecule is COc1ccc(N=CC=C(N)OCc2c(C3CC3)cccc2N(C)N)c(OC)n1. The van der Waals surface area contributed by atoms with Crippen LogP contribution >= 0.6 is 0 Å². The molecule has 2 aromatic rings. The number of benzene rings is 1. The second-order valence-corrected chi connectivity index (χ2v) is 6.75. The van der Waals surface area contributed by atoms with Crippen LogP contribution in [-0.4, -0.2) is 32.5 Å². The summed E-state index contributed by atoms with van der Waals surface area (Å²) in [6.45, 7) is 0.340. The Labute approximate surface area is 170 Å². The molecule has 0 unspecified atom stereocenters. The quantitative estimate of drug-likeness (QED) is 0.290. The van der Waals surface area contributed by atoms with Crippen LogP contribution < -0.4 is 26.1 Å². The van der Waals surface area contributed by atoms with Crippen LogP contribution in [0.3, 0.4) is 0 Å². The van der Waals surface area contributed by atoms with Crippen molar-refractivity contribution >= 4 is 17.6 Å². The number of anilines is 1. The first-order chi connectivity index (χ1) is 14.0. The Morgan fingerprint density at radius 3 is 2.69 bits per heavy atom. The van der Waals surface area contributed by atoms with Crippen molar-refractivity contribution in [3.8, 4) is 11.8 Å². The number of nitrogens with zero attached hydrogens (tertiary/aromatic N) is 3. The van der Waals surface area contributed by atoms with Crippen LogP contribution in [0.15, 0.2) is 47.3 Å². The fourth-order valence-corrected chi connectivity index (χ4v) is 3.03. The predicted molar refractivity (Wildman–Crippen MR) is 114 cm³/mol. The number of pyridine rings is 1. The Bertz CT molecular complexity index is 887. The van der Waals surface area contributed by atoms with Gasteiger partial charge in [-0.25, -0.2) is 5.84 Å². The van der Waals surface area contributed by atoms with Gasteiger partial charge in [-0.1, -0.05) is 12.1 Å². The Hall–Kier alpha value is -3.26. The van der Waals surface area contributed by atoms with Crippen LogP contribution in [0.5, 0.6) is 11.8 Å². The summed E-state index contributed by atoms with van der Waals surface area (Å²) >= 11 is 0. The van der Waals surface area contributed by atoms with Gasteiger partial charge in [-0.15, -0.1) is 0 Å². The number of methoxy groups -OCH3 is 2. The standard InChI is InChI=1S/C21H27N5O3/c1-26(23)18-6-4-5-15(14-7-8-14)16(18)13-29-19(22)11-12-24-17-9-10-20(27-2)25-21(17)28-3/h4-6,9-12,14H,7-8,13,22-23H2,1-3H3. The zero-order valence-electron chi connectivity index (χ0n) is 17.0. The fraction of sp³-hybridized carbons (Fsp3) is 0.333. The summed E-state index contributed by atoms with van der Waals surface area (Å²) in [5.74, 6) is 7.64. The number of aliphatic imine (C=N–C) groups is 1. The molecule has 4 N–H and O–H groups in total. The average Bonchev–Trinajstić information content (AvgIpc) is 3.57. The van der Waals surface area contributed by atoms with Crippen molar-refractivity contribution in [1.29, 1.82) is 0 Å². The van der Waals surface area contributed by atoms with Crippen LogP contribution in [0.1, 0.15) is 29.9 Å². The van der Waals surface area contributed by atoms with Crippen molar-refractivity contribution in [2.75, 3.05) is 26.3 Å². The molecule has 0 amide bonds. The Morgan fingerprint density at radius 2 is 2.03 bits per heavy atom. The third kappa shape index (κ3) is 5.17. The van der Waals surface area contributed by atoms with E-state index in [4.69, 9.17) is 25.8 Å². The van der Waals surface area contributed by atoms with Crippen molar-refractivity contribution in [2.45, 2.75) is 25.4 Å². The van der Waals surface area contributed by atoms with Gasteiger partial charge in [-0.2, -0.15) is 4.98 Å². The van der Waals surface area contributed by atoms with E-state index in [2.05, 4.69) is 16.0 Å². The van der Waals surface area contributed by atoms with Crippen molar-refractivity contribution in [3.63, 3.8) is 0 Å². The van der Waals surface area contributed by atoms with Gasteiger partial charge >= 0.3 is 0 Å². The van der Waals surface area contributed by atoms with Crippen LogP contribution in [0.2, 0.25) is 0 Å². The number of aromatic nitrogens is 1. The minimum Gasteiger partial charge on any atom is -0.481 e. The van der Waals surface area contributed by atoms with Crippen LogP contribution in [0.4, 0.5) is 11.4 Å². The van der Waals surface area contributed by atoms with Gasteiger partial charge in [0.25, 0.3) is 0 Å². The molecule has 8 nitrogen and oxygen atoms in total. The van der Waals surface area contributed by atoms with Gasteiger partial charge in [0.2, 0.25) is 11.8 Å². The number of rotatable bonds is 9. The number of ether oxygens (including phenoxy) is 3. The molecule has 1 aliphatic carbocycles. The summed E-state index contributed by atoms with van der Waals surface area (Å²) in [5, 5.41) is 1.61. The zero-order chi connectivity index (χ0) is 20.8. The maximum absolute atomic E-state index is 6.01. The van der Waals surface area contributed by atoms with Crippen molar-refractivity contribution < 1.29 is 14.2 Å². The van der Waals surface area contributed by atoms with Crippen LogP contribution in [0.25, 0.3) is 0 Å². The number of allylic oxidation sites excluding steroid dienone is 1. The molecule has 0 saturated heterocycles. The number of hydrazine groups is 1. The highest BCUT2D eigenvalue weighted by molar-refractivity contribution is 5.75. The van der Waals surface area contributed by atoms with Gasteiger partial charge in [0.15, 0.2) is 5.88 Å². The van der Waals surface area contributed by atoms with Crippen molar-refractivity contribution in [1.82, 2.24) is 4.98 Å². The van der Waals surface area contributed by atoms with E-state index in [1.54, 1.807) is 36.5 Å². The molecule has 1 aromatic carbocycles. The van der Waals surface area contributed by atoms with E-state index in [0.29, 0.717) is 30.0 Å². The van der Waals surface area contributed by atoms with E-state index in [0.717, 1.165) is 11.3 Å². The number of nitrogens with two attached hydrogens (primary N) is 2. The minimum absolute atomic E-state index is 0.255. The van der Waals surface area contributed by atoms with Gasteiger partial charge in [0.05, 0.1) is 19.9 Å². The second-order valence-electron chi connectivity index (χ2n) is 6.75. The number of hydrogen-bond acceptors (Lipinski definition) is 8. The van der Waals surface area contributed by atoms with E-state index < -0.39 is 0 Å². The molecule has 0 atom stereocenters. The highest BCUT2D eigenvalue weighted by Crippen LogP contribution is 2.43. The van der Waals surface area contributed by atoms with E-state index in [9.17, 15) is 0 Å². The summed E-state index contributed by atoms with van der Waals surface area (Å²) in [7, 11) is 4.88. The van der Waals surface area contributed by atoms with Crippen molar-refractivity contribution in [2.24, 2.45) is 16.6 Å². The van der Waals surface area contributed by atoms with Gasteiger partial charge < -0.3 is 25.0 Å². The summed E-state index contributed by atoms with van der Waals surface area (Å²) < 4.78 is 16.1. The lowest BCUT2D eigenvalue weighted by Crippen LogP contribution is -2.26. The number of hydrogen-bond donors (Lipinski definition) is 2. The van der Waals surface area contributed by atoms with Crippen molar-refractivity contribution in [3.05, 3.63) is 53.4 Å². The molecule has 0 radical (unpaired) electrons. The minimum atomic E-state index is 0.255. The van der Waals surface area contributed by atoms with Gasteiger partial charge in [0.1, 0.15) is 12.3 Å². The second kappa shape index (κ2) is 9.29. The lowest BCUT2D eigenvalue weighted by Gasteiger charge is -2.20. The molecule has 29 heavy (non-hydrogen) atoms. The molecule has 0 aliphatic heterocycles. The average molecular weight is 397 g/mol. The summed E-state index contributed by atoms with van der Waals surface area (Å²) in [5.41, 5.74) is 9.84. The molecule has 3 rings (SSSR count). The largest absolute Gasteiger partial charge is 0.481 e. The summed E-state index contributed by atoms with van der Waals surface area (Å²) in [6, 6.07) is 9.60. The third-order valence-electron chi connectivity index (χ3n) is 4.64. The molecule has 8 heteroatoms. The molecule has 1 heterocycles. The smallest absolute Gasteiger partial charge is 0.242 e. The first kappa shape index (κ1) is 20.5. The molecular weight excluding hydrogens is 370 g/mol.